The molecule has 1 saturated heterocycles. The van der Waals surface area contributed by atoms with E-state index in [-0.39, 0.29) is 28.9 Å². The van der Waals surface area contributed by atoms with Crippen LogP contribution in [0.25, 0.3) is 10.9 Å². The first kappa shape index (κ1) is 22.4. The highest BCUT2D eigenvalue weighted by Gasteiger charge is 2.52. The van der Waals surface area contributed by atoms with Crippen LogP contribution < -0.4 is 4.90 Å². The van der Waals surface area contributed by atoms with Crippen LogP contribution in [0.1, 0.15) is 19.4 Å². The molecule has 1 aliphatic heterocycles. The van der Waals surface area contributed by atoms with E-state index in [9.17, 15) is 22.8 Å². The Bertz CT molecular complexity index is 1220. The fourth-order valence-electron chi connectivity index (χ4n) is 3.62. The Morgan fingerprint density at radius 3 is 2.38 bits per heavy atom. The summed E-state index contributed by atoms with van der Waals surface area (Å²) in [5.74, 6) is -0.479. The number of carbonyl (C=O) groups is 2. The van der Waals surface area contributed by atoms with E-state index in [1.807, 2.05) is 24.3 Å². The third-order valence-corrected chi connectivity index (χ3v) is 6.37. The molecular formula is C22H17ClF3N3O2S. The summed E-state index contributed by atoms with van der Waals surface area (Å²) in [4.78, 5) is 33.1. The molecule has 5 nitrogen and oxygen atoms in total. The van der Waals surface area contributed by atoms with E-state index in [4.69, 9.17) is 11.6 Å². The van der Waals surface area contributed by atoms with Gasteiger partial charge in [-0.25, -0.2) is 9.69 Å². The Morgan fingerprint density at radius 1 is 1.06 bits per heavy atom. The second-order valence-electron chi connectivity index (χ2n) is 7.71. The first-order chi connectivity index (χ1) is 15.0. The molecule has 10 heteroatoms. The third-order valence-electron chi connectivity index (χ3n) is 5.30. The number of thioether (sulfide) groups is 1. The van der Waals surface area contributed by atoms with Gasteiger partial charge in [0.1, 0.15) is 5.54 Å². The van der Waals surface area contributed by atoms with Crippen LogP contribution in [0, 0.1) is 0 Å². The van der Waals surface area contributed by atoms with Crippen LogP contribution in [0.5, 0.6) is 0 Å². The van der Waals surface area contributed by atoms with E-state index in [1.54, 1.807) is 13.8 Å². The molecule has 0 aliphatic carbocycles. The lowest BCUT2D eigenvalue weighted by atomic mass is 10.0. The monoisotopic (exact) mass is 479 g/mol. The Hall–Kier alpha value is -2.78. The molecule has 3 amide bonds. The zero-order valence-electron chi connectivity index (χ0n) is 17.0. The van der Waals surface area contributed by atoms with Gasteiger partial charge in [0, 0.05) is 22.0 Å². The van der Waals surface area contributed by atoms with Crippen LogP contribution in [0.2, 0.25) is 5.02 Å². The third kappa shape index (κ3) is 4.02. The van der Waals surface area contributed by atoms with Crippen LogP contribution in [-0.4, -0.2) is 32.9 Å². The minimum absolute atomic E-state index is 0.0356. The molecule has 2 heterocycles. The number of pyridine rings is 1. The first-order valence-electron chi connectivity index (χ1n) is 9.53. The number of carbonyl (C=O) groups excluding carboxylic acids is 2. The highest BCUT2D eigenvalue weighted by molar-refractivity contribution is 8.00. The number of halogens is 4. The first-order valence-corrected chi connectivity index (χ1v) is 10.7. The summed E-state index contributed by atoms with van der Waals surface area (Å²) in [6.45, 7) is 3.31. The van der Waals surface area contributed by atoms with Crippen molar-refractivity contribution in [1.29, 1.82) is 0 Å². The van der Waals surface area contributed by atoms with E-state index in [0.717, 1.165) is 10.3 Å². The van der Waals surface area contributed by atoms with Crippen molar-refractivity contribution in [2.24, 2.45) is 0 Å². The molecule has 0 N–H and O–H groups in total. The molecule has 3 aromatic rings. The Kier molecular flexibility index (Phi) is 5.58. The number of hydrogen-bond acceptors (Lipinski definition) is 4. The van der Waals surface area contributed by atoms with Gasteiger partial charge in [0.25, 0.3) is 5.91 Å². The summed E-state index contributed by atoms with van der Waals surface area (Å²) in [7, 11) is 0. The maximum absolute atomic E-state index is 13.3. The molecule has 2 aromatic carbocycles. The number of urea groups is 1. The zero-order valence-corrected chi connectivity index (χ0v) is 18.6. The number of anilines is 1. The molecule has 166 valence electrons. The maximum atomic E-state index is 13.3. The number of nitrogens with zero attached hydrogens (tertiary/aromatic N) is 3. The number of benzene rings is 2. The van der Waals surface area contributed by atoms with Gasteiger partial charge in [-0.2, -0.15) is 13.2 Å². The molecule has 1 fully saturated rings. The predicted molar refractivity (Wildman–Crippen MR) is 118 cm³/mol. The SMILES string of the molecule is CC1(C)C(=O)N(c2ccc(SC(F)(F)F)cc2)C(=O)N1Cc1c(Cl)cnc2ccccc12. The van der Waals surface area contributed by atoms with E-state index in [1.165, 1.54) is 35.4 Å². The van der Waals surface area contributed by atoms with Crippen molar-refractivity contribution in [3.8, 4) is 0 Å². The van der Waals surface area contributed by atoms with Gasteiger partial charge in [0.15, 0.2) is 0 Å². The fraction of sp³-hybridized carbons (Fsp3) is 0.227. The molecule has 32 heavy (non-hydrogen) atoms. The van der Waals surface area contributed by atoms with Crippen molar-refractivity contribution < 1.29 is 22.8 Å². The van der Waals surface area contributed by atoms with Crippen LogP contribution in [0.15, 0.2) is 59.6 Å². The van der Waals surface area contributed by atoms with Crippen molar-refractivity contribution in [3.05, 3.63) is 65.3 Å². The summed E-state index contributed by atoms with van der Waals surface area (Å²) in [6.07, 6.45) is 1.50. The van der Waals surface area contributed by atoms with Gasteiger partial charge >= 0.3 is 11.5 Å². The lowest BCUT2D eigenvalue weighted by Crippen LogP contribution is -2.43. The lowest BCUT2D eigenvalue weighted by Gasteiger charge is -2.28. The van der Waals surface area contributed by atoms with Crippen molar-refractivity contribution >= 4 is 51.9 Å². The quantitative estimate of drug-likeness (QED) is 0.328. The summed E-state index contributed by atoms with van der Waals surface area (Å²) in [5.41, 5.74) is -4.05. The molecule has 0 bridgehead atoms. The second-order valence-corrected chi connectivity index (χ2v) is 9.26. The molecule has 0 saturated carbocycles. The fourth-order valence-corrected chi connectivity index (χ4v) is 4.37. The number of para-hydroxylation sites is 1. The number of aromatic nitrogens is 1. The van der Waals surface area contributed by atoms with Crippen LogP contribution in [0.4, 0.5) is 23.7 Å². The molecule has 0 unspecified atom stereocenters. The Labute approximate surface area is 191 Å². The molecule has 0 atom stereocenters. The normalized spacial score (nSPS) is 16.3. The van der Waals surface area contributed by atoms with Gasteiger partial charge in [0.2, 0.25) is 0 Å². The standard InChI is InChI=1S/C22H17ClF3N3O2S/c1-21(2)19(30)29(13-7-9-14(10-8-13)32-22(24,25)26)20(31)28(21)12-16-15-5-3-4-6-18(15)27-11-17(16)23/h3-11H,12H2,1-2H3. The average Bonchev–Trinajstić information content (AvgIpc) is 2.89. The molecule has 0 spiro atoms. The summed E-state index contributed by atoms with van der Waals surface area (Å²) < 4.78 is 37.8. The number of hydrogen-bond donors (Lipinski definition) is 0. The van der Waals surface area contributed by atoms with E-state index in [0.29, 0.717) is 16.1 Å². The maximum Gasteiger partial charge on any atom is 0.446 e. The summed E-state index contributed by atoms with van der Waals surface area (Å²) >= 11 is 6.13. The molecule has 1 aromatic heterocycles. The van der Waals surface area contributed by atoms with Gasteiger partial charge in [-0.3, -0.25) is 9.78 Å². The molecule has 4 rings (SSSR count). The number of rotatable bonds is 4. The largest absolute Gasteiger partial charge is 0.446 e. The molecule has 0 radical (unpaired) electrons. The van der Waals surface area contributed by atoms with Crippen LogP contribution >= 0.6 is 23.4 Å². The highest BCUT2D eigenvalue weighted by atomic mass is 35.5. The lowest BCUT2D eigenvalue weighted by molar-refractivity contribution is -0.123. The zero-order chi connectivity index (χ0) is 23.3. The van der Waals surface area contributed by atoms with Gasteiger partial charge in [-0.15, -0.1) is 0 Å². The Morgan fingerprint density at radius 2 is 1.72 bits per heavy atom. The smallest absolute Gasteiger partial charge is 0.305 e. The number of fused-ring (bicyclic) bond motifs is 1. The van der Waals surface area contributed by atoms with Crippen molar-refractivity contribution in [1.82, 2.24) is 9.88 Å². The topological polar surface area (TPSA) is 53.5 Å². The number of imide groups is 1. The highest BCUT2D eigenvalue weighted by Crippen LogP contribution is 2.39. The van der Waals surface area contributed by atoms with E-state index < -0.39 is 23.0 Å². The van der Waals surface area contributed by atoms with Crippen molar-refractivity contribution in [2.45, 2.75) is 36.3 Å². The number of alkyl halides is 3. The van der Waals surface area contributed by atoms with Crippen LogP contribution in [-0.2, 0) is 11.3 Å². The second kappa shape index (κ2) is 7.97. The average molecular weight is 480 g/mol. The minimum Gasteiger partial charge on any atom is -0.305 e. The minimum atomic E-state index is -4.42. The van der Waals surface area contributed by atoms with Crippen molar-refractivity contribution in [2.75, 3.05) is 4.90 Å². The van der Waals surface area contributed by atoms with Gasteiger partial charge in [-0.05, 0) is 55.9 Å². The van der Waals surface area contributed by atoms with Gasteiger partial charge < -0.3 is 4.90 Å². The van der Waals surface area contributed by atoms with Crippen LogP contribution in [0.3, 0.4) is 0 Å². The molecule has 1 aliphatic rings. The van der Waals surface area contributed by atoms with Gasteiger partial charge in [-0.1, -0.05) is 29.8 Å². The van der Waals surface area contributed by atoms with E-state index in [2.05, 4.69) is 4.98 Å². The van der Waals surface area contributed by atoms with E-state index >= 15 is 0 Å². The van der Waals surface area contributed by atoms with Crippen molar-refractivity contribution in [3.63, 3.8) is 0 Å². The number of amides is 3. The Balaban J connectivity index is 1.67. The summed E-state index contributed by atoms with van der Waals surface area (Å²) in [5, 5.41) is 1.13. The predicted octanol–water partition coefficient (Wildman–Crippen LogP) is 6.25. The summed E-state index contributed by atoms with van der Waals surface area (Å²) in [6, 6.07) is 11.9. The molecular weight excluding hydrogens is 463 g/mol. The van der Waals surface area contributed by atoms with Gasteiger partial charge in [0.05, 0.1) is 22.8 Å².